The molecule has 0 fully saturated rings. The topological polar surface area (TPSA) is 113 Å². The van der Waals surface area contributed by atoms with Gasteiger partial charge in [-0.25, -0.2) is 12.8 Å². The van der Waals surface area contributed by atoms with Gasteiger partial charge in [0.1, 0.15) is 27.9 Å². The summed E-state index contributed by atoms with van der Waals surface area (Å²) >= 11 is 0. The molecule has 0 bridgehead atoms. The molecule has 0 aliphatic carbocycles. The van der Waals surface area contributed by atoms with E-state index in [1.54, 1.807) is 0 Å². The Morgan fingerprint density at radius 3 is 2.53 bits per heavy atom. The molecule has 1 aromatic rings. The molecular formula is C11H12FN3O3S. The number of nitrogens with one attached hydrogen (secondary N) is 1. The van der Waals surface area contributed by atoms with Crippen LogP contribution in [0.15, 0.2) is 23.1 Å². The number of rotatable bonds is 4. The fourth-order valence-corrected chi connectivity index (χ4v) is 2.83. The van der Waals surface area contributed by atoms with Crippen molar-refractivity contribution >= 4 is 15.9 Å². The molecule has 1 amide bonds. The fraction of sp³-hybridized carbons (Fsp3) is 0.273. The molecule has 0 unspecified atom stereocenters. The zero-order chi connectivity index (χ0) is 14.8. The lowest BCUT2D eigenvalue weighted by atomic mass is 10.1. The monoisotopic (exact) mass is 285 g/mol. The van der Waals surface area contributed by atoms with E-state index in [2.05, 4.69) is 0 Å². The highest BCUT2D eigenvalue weighted by Gasteiger charge is 2.33. The molecule has 0 atom stereocenters. The van der Waals surface area contributed by atoms with Crippen LogP contribution in [0.1, 0.15) is 19.4 Å². The van der Waals surface area contributed by atoms with Crippen molar-refractivity contribution in [3.8, 4) is 6.07 Å². The number of halogens is 1. The SMILES string of the molecule is CC(C)(NS(=O)(=O)c1cccc(F)c1C#N)C(N)=O. The summed E-state index contributed by atoms with van der Waals surface area (Å²) in [5.41, 5.74) is 2.88. The smallest absolute Gasteiger partial charge is 0.242 e. The number of amides is 1. The molecule has 6 nitrogen and oxygen atoms in total. The summed E-state index contributed by atoms with van der Waals surface area (Å²) in [6, 6.07) is 4.67. The van der Waals surface area contributed by atoms with E-state index in [0.29, 0.717) is 0 Å². The Bertz CT molecular complexity index is 662. The van der Waals surface area contributed by atoms with E-state index < -0.39 is 37.7 Å². The molecule has 0 radical (unpaired) electrons. The Morgan fingerprint density at radius 1 is 1.47 bits per heavy atom. The van der Waals surface area contributed by atoms with Crippen LogP contribution in [0, 0.1) is 17.1 Å². The average molecular weight is 285 g/mol. The van der Waals surface area contributed by atoms with Gasteiger partial charge in [-0.05, 0) is 26.0 Å². The summed E-state index contributed by atoms with van der Waals surface area (Å²) < 4.78 is 39.5. The summed E-state index contributed by atoms with van der Waals surface area (Å²) in [4.78, 5) is 10.6. The van der Waals surface area contributed by atoms with Crippen molar-refractivity contribution < 1.29 is 17.6 Å². The zero-order valence-electron chi connectivity index (χ0n) is 10.3. The number of benzene rings is 1. The number of sulfonamides is 1. The summed E-state index contributed by atoms with van der Waals surface area (Å²) in [5.74, 6) is -1.85. The number of hydrogen-bond acceptors (Lipinski definition) is 4. The number of carbonyl (C=O) groups excluding carboxylic acids is 1. The van der Waals surface area contributed by atoms with Gasteiger partial charge in [0.2, 0.25) is 15.9 Å². The molecule has 0 spiro atoms. The Balaban J connectivity index is 3.35. The van der Waals surface area contributed by atoms with Crippen LogP contribution in [0.4, 0.5) is 4.39 Å². The van der Waals surface area contributed by atoms with Gasteiger partial charge in [-0.2, -0.15) is 9.98 Å². The van der Waals surface area contributed by atoms with Crippen LogP contribution in [0.25, 0.3) is 0 Å². The summed E-state index contributed by atoms with van der Waals surface area (Å²) in [6.45, 7) is 2.52. The van der Waals surface area contributed by atoms with Gasteiger partial charge in [-0.3, -0.25) is 4.79 Å². The lowest BCUT2D eigenvalue weighted by molar-refractivity contribution is -0.122. The Kier molecular flexibility index (Phi) is 3.93. The van der Waals surface area contributed by atoms with Crippen LogP contribution in [0.5, 0.6) is 0 Å². The Labute approximate surface area is 110 Å². The number of carbonyl (C=O) groups is 1. The summed E-state index contributed by atoms with van der Waals surface area (Å²) in [7, 11) is -4.24. The van der Waals surface area contributed by atoms with Gasteiger partial charge in [0.15, 0.2) is 0 Å². The average Bonchev–Trinajstić information content (AvgIpc) is 2.27. The fourth-order valence-electron chi connectivity index (χ4n) is 1.28. The molecular weight excluding hydrogens is 273 g/mol. The molecule has 1 rings (SSSR count). The maximum atomic E-state index is 13.4. The summed E-state index contributed by atoms with van der Waals surface area (Å²) in [6.07, 6.45) is 0. The molecule has 102 valence electrons. The highest BCUT2D eigenvalue weighted by molar-refractivity contribution is 7.89. The van der Waals surface area contributed by atoms with Crippen LogP contribution in [-0.4, -0.2) is 19.9 Å². The molecule has 8 heteroatoms. The van der Waals surface area contributed by atoms with Crippen LogP contribution < -0.4 is 10.5 Å². The van der Waals surface area contributed by atoms with Crippen molar-refractivity contribution in [2.45, 2.75) is 24.3 Å². The van der Waals surface area contributed by atoms with Crippen molar-refractivity contribution in [1.29, 1.82) is 5.26 Å². The van der Waals surface area contributed by atoms with Crippen molar-refractivity contribution in [2.75, 3.05) is 0 Å². The highest BCUT2D eigenvalue weighted by atomic mass is 32.2. The lowest BCUT2D eigenvalue weighted by Crippen LogP contribution is -2.52. The van der Waals surface area contributed by atoms with Gasteiger partial charge in [0.25, 0.3) is 0 Å². The van der Waals surface area contributed by atoms with Crippen molar-refractivity contribution in [2.24, 2.45) is 5.73 Å². The second kappa shape index (κ2) is 4.95. The van der Waals surface area contributed by atoms with Crippen molar-refractivity contribution in [1.82, 2.24) is 4.72 Å². The van der Waals surface area contributed by atoms with E-state index in [1.807, 2.05) is 4.72 Å². The van der Waals surface area contributed by atoms with E-state index in [9.17, 15) is 17.6 Å². The first-order valence-corrected chi connectivity index (χ1v) is 6.62. The van der Waals surface area contributed by atoms with E-state index >= 15 is 0 Å². The lowest BCUT2D eigenvalue weighted by Gasteiger charge is -2.22. The van der Waals surface area contributed by atoms with Gasteiger partial charge in [-0.1, -0.05) is 6.07 Å². The maximum Gasteiger partial charge on any atom is 0.242 e. The zero-order valence-corrected chi connectivity index (χ0v) is 11.1. The first-order valence-electron chi connectivity index (χ1n) is 5.14. The van der Waals surface area contributed by atoms with Crippen LogP contribution in [0.2, 0.25) is 0 Å². The maximum absolute atomic E-state index is 13.4. The number of hydrogen-bond donors (Lipinski definition) is 2. The normalized spacial score (nSPS) is 11.9. The van der Waals surface area contributed by atoms with Crippen LogP contribution >= 0.6 is 0 Å². The minimum atomic E-state index is -4.24. The predicted octanol–water partition coefficient (Wildman–Crippen LogP) is 0.240. The van der Waals surface area contributed by atoms with Gasteiger partial charge in [0, 0.05) is 0 Å². The molecule has 0 aliphatic rings. The second-order valence-electron chi connectivity index (χ2n) is 4.32. The predicted molar refractivity (Wildman–Crippen MR) is 64.7 cm³/mol. The third kappa shape index (κ3) is 3.07. The Morgan fingerprint density at radius 2 is 2.05 bits per heavy atom. The molecule has 0 saturated heterocycles. The van der Waals surface area contributed by atoms with Crippen LogP contribution in [-0.2, 0) is 14.8 Å². The minimum Gasteiger partial charge on any atom is -0.368 e. The molecule has 0 aliphatic heterocycles. The molecule has 1 aromatic carbocycles. The molecule has 0 aromatic heterocycles. The van der Waals surface area contributed by atoms with Crippen LogP contribution in [0.3, 0.4) is 0 Å². The van der Waals surface area contributed by atoms with E-state index in [-0.39, 0.29) is 0 Å². The number of nitriles is 1. The number of nitrogens with zero attached hydrogens (tertiary/aromatic N) is 1. The first kappa shape index (κ1) is 15.1. The molecule has 0 saturated carbocycles. The minimum absolute atomic E-state index is 0.538. The second-order valence-corrected chi connectivity index (χ2v) is 5.97. The van der Waals surface area contributed by atoms with E-state index in [4.69, 9.17) is 11.0 Å². The third-order valence-electron chi connectivity index (χ3n) is 2.38. The molecule has 19 heavy (non-hydrogen) atoms. The Hall–Kier alpha value is -1.98. The quantitative estimate of drug-likeness (QED) is 0.824. The van der Waals surface area contributed by atoms with Crippen molar-refractivity contribution in [3.05, 3.63) is 29.6 Å². The first-order chi connectivity index (χ1) is 8.62. The van der Waals surface area contributed by atoms with E-state index in [1.165, 1.54) is 19.9 Å². The van der Waals surface area contributed by atoms with Gasteiger partial charge >= 0.3 is 0 Å². The number of nitrogens with two attached hydrogens (primary N) is 1. The molecule has 0 heterocycles. The molecule has 3 N–H and O–H groups in total. The standard InChI is InChI=1S/C11H12FN3O3S/c1-11(2,10(14)16)15-19(17,18)9-5-3-4-8(12)7(9)6-13/h3-5,15H,1-2H3,(H2,14,16). The number of primary amides is 1. The van der Waals surface area contributed by atoms with Gasteiger partial charge < -0.3 is 5.73 Å². The summed E-state index contributed by atoms with van der Waals surface area (Å²) in [5, 5.41) is 8.80. The largest absolute Gasteiger partial charge is 0.368 e. The van der Waals surface area contributed by atoms with Crippen molar-refractivity contribution in [3.63, 3.8) is 0 Å². The van der Waals surface area contributed by atoms with E-state index in [0.717, 1.165) is 18.2 Å². The highest BCUT2D eigenvalue weighted by Crippen LogP contribution is 2.19. The van der Waals surface area contributed by atoms with Gasteiger partial charge in [0.05, 0.1) is 0 Å². The van der Waals surface area contributed by atoms with Gasteiger partial charge in [-0.15, -0.1) is 0 Å². The third-order valence-corrected chi connectivity index (χ3v) is 4.08.